The Balaban J connectivity index is 1.96. The molecule has 2 atom stereocenters. The number of carboxylic acids is 1. The number of hydrogen-bond donors (Lipinski definition) is 1. The standard InChI is InChI=1S/C13H22N2O3/c1-4-14-5-7-15(8-6-14)11(16)9-10(12(17)18)13(9,2)3/h9-10H,4-8H2,1-3H3,(H,17,18)/t9-,10-/m0/s1. The summed E-state index contributed by atoms with van der Waals surface area (Å²) in [7, 11) is 0. The van der Waals surface area contributed by atoms with Gasteiger partial charge in [0.2, 0.25) is 5.91 Å². The van der Waals surface area contributed by atoms with Crippen molar-refractivity contribution in [3.8, 4) is 0 Å². The van der Waals surface area contributed by atoms with E-state index in [9.17, 15) is 9.59 Å². The van der Waals surface area contributed by atoms with Crippen molar-refractivity contribution in [2.75, 3.05) is 32.7 Å². The number of nitrogens with zero attached hydrogens (tertiary/aromatic N) is 2. The minimum atomic E-state index is -0.842. The van der Waals surface area contributed by atoms with E-state index in [1.54, 1.807) is 0 Å². The molecule has 1 amide bonds. The number of hydrogen-bond acceptors (Lipinski definition) is 3. The van der Waals surface area contributed by atoms with Crippen LogP contribution in [-0.4, -0.2) is 59.5 Å². The number of carbonyl (C=O) groups is 2. The quantitative estimate of drug-likeness (QED) is 0.797. The van der Waals surface area contributed by atoms with E-state index in [-0.39, 0.29) is 17.2 Å². The highest BCUT2D eigenvalue weighted by Crippen LogP contribution is 2.59. The third-order valence-corrected chi connectivity index (χ3v) is 4.49. The van der Waals surface area contributed by atoms with Crippen molar-refractivity contribution in [1.29, 1.82) is 0 Å². The van der Waals surface area contributed by atoms with Gasteiger partial charge in [-0.2, -0.15) is 0 Å². The zero-order valence-corrected chi connectivity index (χ0v) is 11.3. The normalized spacial score (nSPS) is 31.2. The highest BCUT2D eigenvalue weighted by molar-refractivity contribution is 5.91. The topological polar surface area (TPSA) is 60.9 Å². The second kappa shape index (κ2) is 4.53. The zero-order valence-electron chi connectivity index (χ0n) is 11.3. The molecule has 1 N–H and O–H groups in total. The molecule has 1 saturated heterocycles. The van der Waals surface area contributed by atoms with Gasteiger partial charge in [0.1, 0.15) is 0 Å². The Kier molecular flexibility index (Phi) is 3.36. The second-order valence-electron chi connectivity index (χ2n) is 5.87. The summed E-state index contributed by atoms with van der Waals surface area (Å²) < 4.78 is 0. The molecule has 0 spiro atoms. The van der Waals surface area contributed by atoms with Gasteiger partial charge in [-0.3, -0.25) is 9.59 Å². The third-order valence-electron chi connectivity index (χ3n) is 4.49. The van der Waals surface area contributed by atoms with Crippen LogP contribution in [0.3, 0.4) is 0 Å². The van der Waals surface area contributed by atoms with Gasteiger partial charge in [-0.15, -0.1) is 0 Å². The van der Waals surface area contributed by atoms with Crippen LogP contribution in [0.1, 0.15) is 20.8 Å². The molecule has 0 aromatic carbocycles. The summed E-state index contributed by atoms with van der Waals surface area (Å²) in [5, 5.41) is 9.11. The van der Waals surface area contributed by atoms with Crippen molar-refractivity contribution >= 4 is 11.9 Å². The van der Waals surface area contributed by atoms with Crippen molar-refractivity contribution in [3.05, 3.63) is 0 Å². The summed E-state index contributed by atoms with van der Waals surface area (Å²) >= 11 is 0. The molecule has 1 aliphatic heterocycles. The summed E-state index contributed by atoms with van der Waals surface area (Å²) in [6, 6.07) is 0. The van der Waals surface area contributed by atoms with E-state index in [0.29, 0.717) is 0 Å². The first kappa shape index (κ1) is 13.3. The number of rotatable bonds is 3. The fourth-order valence-corrected chi connectivity index (χ4v) is 3.04. The molecular weight excluding hydrogens is 232 g/mol. The Hall–Kier alpha value is -1.10. The Morgan fingerprint density at radius 3 is 2.11 bits per heavy atom. The van der Waals surface area contributed by atoms with Crippen LogP contribution >= 0.6 is 0 Å². The summed E-state index contributed by atoms with van der Waals surface area (Å²) in [5.41, 5.74) is -0.384. The molecule has 0 bridgehead atoms. The molecule has 0 radical (unpaired) electrons. The second-order valence-corrected chi connectivity index (χ2v) is 5.87. The number of carboxylic acid groups (broad SMARTS) is 1. The number of aliphatic carboxylic acids is 1. The molecule has 2 fully saturated rings. The van der Waals surface area contributed by atoms with Gasteiger partial charge in [-0.1, -0.05) is 20.8 Å². The molecule has 0 unspecified atom stereocenters. The minimum absolute atomic E-state index is 0.0307. The molecule has 0 aromatic heterocycles. The van der Waals surface area contributed by atoms with Gasteiger partial charge in [0.25, 0.3) is 0 Å². The number of amides is 1. The van der Waals surface area contributed by atoms with E-state index in [2.05, 4.69) is 11.8 Å². The van der Waals surface area contributed by atoms with Crippen LogP contribution in [0.5, 0.6) is 0 Å². The molecular formula is C13H22N2O3. The molecule has 1 aliphatic carbocycles. The number of likely N-dealkylation sites (N-methyl/N-ethyl adjacent to an activating group) is 1. The first-order valence-electron chi connectivity index (χ1n) is 6.63. The highest BCUT2D eigenvalue weighted by atomic mass is 16.4. The summed E-state index contributed by atoms with van der Waals surface area (Å²) in [6.07, 6.45) is 0. The van der Waals surface area contributed by atoms with E-state index in [1.165, 1.54) is 0 Å². The van der Waals surface area contributed by atoms with Crippen molar-refractivity contribution < 1.29 is 14.7 Å². The maximum Gasteiger partial charge on any atom is 0.307 e. The van der Waals surface area contributed by atoms with Gasteiger partial charge >= 0.3 is 5.97 Å². The Morgan fingerprint density at radius 2 is 1.72 bits per heavy atom. The molecule has 2 aliphatic rings. The zero-order chi connectivity index (χ0) is 13.5. The van der Waals surface area contributed by atoms with E-state index >= 15 is 0 Å². The fraction of sp³-hybridized carbons (Fsp3) is 0.846. The van der Waals surface area contributed by atoms with Crippen LogP contribution in [0, 0.1) is 17.3 Å². The molecule has 2 rings (SSSR count). The van der Waals surface area contributed by atoms with Crippen LogP contribution in [-0.2, 0) is 9.59 Å². The smallest absolute Gasteiger partial charge is 0.307 e. The van der Waals surface area contributed by atoms with E-state index < -0.39 is 11.9 Å². The van der Waals surface area contributed by atoms with Crippen molar-refractivity contribution in [1.82, 2.24) is 9.80 Å². The van der Waals surface area contributed by atoms with Gasteiger partial charge in [-0.25, -0.2) is 0 Å². The van der Waals surface area contributed by atoms with Gasteiger partial charge in [0.15, 0.2) is 0 Å². The van der Waals surface area contributed by atoms with Crippen molar-refractivity contribution in [2.45, 2.75) is 20.8 Å². The van der Waals surface area contributed by atoms with Gasteiger partial charge in [0, 0.05) is 26.2 Å². The first-order chi connectivity index (χ1) is 8.39. The van der Waals surface area contributed by atoms with Crippen LogP contribution in [0.4, 0.5) is 0 Å². The average Bonchev–Trinajstić information content (AvgIpc) is 2.92. The van der Waals surface area contributed by atoms with E-state index in [1.807, 2.05) is 18.7 Å². The predicted molar refractivity (Wildman–Crippen MR) is 67.1 cm³/mol. The van der Waals surface area contributed by atoms with Gasteiger partial charge in [-0.05, 0) is 12.0 Å². The number of carbonyl (C=O) groups excluding carboxylic acids is 1. The van der Waals surface area contributed by atoms with Crippen LogP contribution in [0.2, 0.25) is 0 Å². The van der Waals surface area contributed by atoms with E-state index in [4.69, 9.17) is 5.11 Å². The lowest BCUT2D eigenvalue weighted by Crippen LogP contribution is -2.49. The fourth-order valence-electron chi connectivity index (χ4n) is 3.04. The molecule has 0 aromatic rings. The Labute approximate surface area is 108 Å². The summed E-state index contributed by atoms with van der Waals surface area (Å²) in [5.74, 6) is -1.65. The van der Waals surface area contributed by atoms with Crippen LogP contribution in [0.15, 0.2) is 0 Å². The lowest BCUT2D eigenvalue weighted by Gasteiger charge is -2.34. The first-order valence-corrected chi connectivity index (χ1v) is 6.63. The van der Waals surface area contributed by atoms with Gasteiger partial charge in [0.05, 0.1) is 11.8 Å². The molecule has 18 heavy (non-hydrogen) atoms. The molecule has 102 valence electrons. The average molecular weight is 254 g/mol. The largest absolute Gasteiger partial charge is 0.481 e. The highest BCUT2D eigenvalue weighted by Gasteiger charge is 2.66. The minimum Gasteiger partial charge on any atom is -0.481 e. The third kappa shape index (κ3) is 2.11. The van der Waals surface area contributed by atoms with Crippen LogP contribution in [0.25, 0.3) is 0 Å². The Bertz CT molecular complexity index is 359. The van der Waals surface area contributed by atoms with Gasteiger partial charge < -0.3 is 14.9 Å². The maximum absolute atomic E-state index is 12.3. The van der Waals surface area contributed by atoms with Crippen molar-refractivity contribution in [3.63, 3.8) is 0 Å². The SMILES string of the molecule is CCN1CCN(C(=O)[C@@H]2[C@@H](C(=O)O)C2(C)C)CC1. The molecule has 5 heteroatoms. The monoisotopic (exact) mass is 254 g/mol. The summed E-state index contributed by atoms with van der Waals surface area (Å²) in [6.45, 7) is 10.1. The Morgan fingerprint density at radius 1 is 1.17 bits per heavy atom. The molecule has 1 heterocycles. The summed E-state index contributed by atoms with van der Waals surface area (Å²) in [4.78, 5) is 27.6. The number of piperazine rings is 1. The molecule has 1 saturated carbocycles. The van der Waals surface area contributed by atoms with E-state index in [0.717, 1.165) is 32.7 Å². The lowest BCUT2D eigenvalue weighted by atomic mass is 10.1. The molecule has 5 nitrogen and oxygen atoms in total. The van der Waals surface area contributed by atoms with Crippen LogP contribution < -0.4 is 0 Å². The van der Waals surface area contributed by atoms with Crippen molar-refractivity contribution in [2.24, 2.45) is 17.3 Å². The lowest BCUT2D eigenvalue weighted by molar-refractivity contribution is -0.142. The predicted octanol–water partition coefficient (Wildman–Crippen LogP) is 0.507. The maximum atomic E-state index is 12.3.